The van der Waals surface area contributed by atoms with E-state index in [1.807, 2.05) is 26.8 Å². The number of halogens is 2. The van der Waals surface area contributed by atoms with E-state index in [2.05, 4.69) is 20.5 Å². The Kier molecular flexibility index (Phi) is 6.48. The molecule has 0 unspecified atom stereocenters. The fraction of sp³-hybridized carbons (Fsp3) is 0.250. The molecule has 0 radical (unpaired) electrons. The predicted octanol–water partition coefficient (Wildman–Crippen LogP) is 5.78. The molecule has 0 spiro atoms. The van der Waals surface area contributed by atoms with Crippen molar-refractivity contribution < 1.29 is 14.3 Å². The first kappa shape index (κ1) is 24.6. The molecule has 2 heterocycles. The second kappa shape index (κ2) is 9.24. The highest BCUT2D eigenvalue weighted by atomic mass is 35.5. The van der Waals surface area contributed by atoms with Crippen molar-refractivity contribution in [2.24, 2.45) is 0 Å². The van der Waals surface area contributed by atoms with Gasteiger partial charge in [0.1, 0.15) is 5.02 Å². The average molecular weight is 515 g/mol. The van der Waals surface area contributed by atoms with E-state index >= 15 is 0 Å². The van der Waals surface area contributed by atoms with Crippen LogP contribution in [-0.2, 0) is 10.2 Å². The molecule has 2 N–H and O–H groups in total. The highest BCUT2D eigenvalue weighted by Gasteiger charge is 2.25. The molecule has 0 aliphatic rings. The lowest BCUT2D eigenvalue weighted by Crippen LogP contribution is -2.31. The Labute approximate surface area is 212 Å². The van der Waals surface area contributed by atoms with Gasteiger partial charge in [-0.3, -0.25) is 4.90 Å². The van der Waals surface area contributed by atoms with Crippen LogP contribution in [0, 0.1) is 0 Å². The number of carbonyl (C=O) groups is 2. The molecule has 0 bridgehead atoms. The molecule has 0 aliphatic heterocycles. The number of nitrogens with zero attached hydrogens (tertiary/aromatic N) is 4. The summed E-state index contributed by atoms with van der Waals surface area (Å²) in [6.45, 7) is 6.09. The number of aromatic amines is 1. The number of amides is 2. The second-order valence-electron chi connectivity index (χ2n) is 8.95. The van der Waals surface area contributed by atoms with E-state index in [1.54, 1.807) is 25.2 Å². The lowest BCUT2D eigenvalue weighted by atomic mass is 9.92. The summed E-state index contributed by atoms with van der Waals surface area (Å²) in [5.74, 6) is 0.0251. The smallest absolute Gasteiger partial charge is 0.337 e. The van der Waals surface area contributed by atoms with Gasteiger partial charge in [-0.15, -0.1) is 9.73 Å². The van der Waals surface area contributed by atoms with Crippen LogP contribution in [0.1, 0.15) is 36.8 Å². The molecule has 2 aromatic heterocycles. The molecular weight excluding hydrogens is 491 g/mol. The van der Waals surface area contributed by atoms with E-state index in [-0.39, 0.29) is 11.0 Å². The molecule has 0 atom stereocenters. The molecule has 9 nitrogen and oxygen atoms in total. The van der Waals surface area contributed by atoms with Crippen LogP contribution >= 0.6 is 23.2 Å². The molecule has 0 saturated heterocycles. The van der Waals surface area contributed by atoms with E-state index < -0.39 is 12.0 Å². The summed E-state index contributed by atoms with van der Waals surface area (Å²) in [5, 5.41) is 12.7. The number of hydrogen-bond donors (Lipinski definition) is 2. The van der Waals surface area contributed by atoms with Crippen molar-refractivity contribution in [2.45, 2.75) is 26.2 Å². The number of carbonyl (C=O) groups excluding carboxylic acids is 2. The highest BCUT2D eigenvalue weighted by Crippen LogP contribution is 2.32. The first-order valence-corrected chi connectivity index (χ1v) is 11.4. The first-order valence-electron chi connectivity index (χ1n) is 10.7. The van der Waals surface area contributed by atoms with E-state index in [1.165, 1.54) is 34.8 Å². The number of aromatic nitrogens is 4. The van der Waals surface area contributed by atoms with Crippen LogP contribution in [-0.4, -0.2) is 46.0 Å². The fourth-order valence-corrected chi connectivity index (χ4v) is 4.17. The average Bonchev–Trinajstić information content (AvgIpc) is 3.38. The number of rotatable bonds is 4. The maximum absolute atomic E-state index is 12.9. The second-order valence-corrected chi connectivity index (χ2v) is 9.74. The zero-order valence-electron chi connectivity index (χ0n) is 19.8. The number of ether oxygens (including phenoxy) is 1. The number of fused-ring (bicyclic) bond motifs is 1. The molecule has 35 heavy (non-hydrogen) atoms. The Morgan fingerprint density at radius 2 is 1.86 bits per heavy atom. The molecule has 11 heteroatoms. The third-order valence-electron chi connectivity index (χ3n) is 5.37. The molecule has 0 saturated carbocycles. The maximum Gasteiger partial charge on any atom is 0.337 e. The molecule has 4 aromatic rings. The zero-order chi connectivity index (χ0) is 25.5. The van der Waals surface area contributed by atoms with Crippen LogP contribution in [0.15, 0.2) is 42.5 Å². The Hall–Kier alpha value is -3.56. The molecule has 0 aliphatic carbocycles. The summed E-state index contributed by atoms with van der Waals surface area (Å²) in [6, 6.07) is 11.3. The van der Waals surface area contributed by atoms with Crippen molar-refractivity contribution in [1.82, 2.24) is 19.8 Å². The van der Waals surface area contributed by atoms with Gasteiger partial charge in [-0.25, -0.2) is 9.59 Å². The van der Waals surface area contributed by atoms with Crippen molar-refractivity contribution in [3.8, 4) is 11.4 Å². The van der Waals surface area contributed by atoms with Crippen molar-refractivity contribution in [1.29, 1.82) is 0 Å². The van der Waals surface area contributed by atoms with Gasteiger partial charge >= 0.3 is 12.0 Å². The number of hydrogen-bond acceptors (Lipinski definition) is 5. The molecule has 0 fully saturated rings. The van der Waals surface area contributed by atoms with Crippen molar-refractivity contribution in [3.05, 3.63) is 63.8 Å². The quantitative estimate of drug-likeness (QED) is 0.335. The number of methoxy groups -OCH3 is 1. The standard InChI is InChI=1S/C24H24Cl2N6O3/c1-24(2,3)19-18(26)21-28-20(30-32(21)29-19)13-7-6-8-15(11-13)27-23(34)31(4)17-12-14(22(33)35-5)9-10-16(17)25/h6-12H,1-5H3,(H,27,34)(H,28,30). The Morgan fingerprint density at radius 3 is 2.51 bits per heavy atom. The van der Waals surface area contributed by atoms with Gasteiger partial charge in [0.05, 0.1) is 29.1 Å². The summed E-state index contributed by atoms with van der Waals surface area (Å²) in [6.07, 6.45) is 0. The monoisotopic (exact) mass is 514 g/mol. The summed E-state index contributed by atoms with van der Waals surface area (Å²) in [4.78, 5) is 29.3. The van der Waals surface area contributed by atoms with Crippen LogP contribution < -0.4 is 10.2 Å². The minimum absolute atomic E-state index is 0.221. The molecule has 4 rings (SSSR count). The summed E-state index contributed by atoms with van der Waals surface area (Å²) >= 11 is 12.8. The lowest BCUT2D eigenvalue weighted by Gasteiger charge is -2.20. The topological polar surface area (TPSA) is 105 Å². The molecule has 2 amide bonds. The van der Waals surface area contributed by atoms with Gasteiger partial charge in [0.15, 0.2) is 11.5 Å². The number of esters is 1. The van der Waals surface area contributed by atoms with E-state index in [9.17, 15) is 9.59 Å². The van der Waals surface area contributed by atoms with Gasteiger partial charge in [0.2, 0.25) is 0 Å². The molecule has 182 valence electrons. The van der Waals surface area contributed by atoms with Gasteiger partial charge in [0.25, 0.3) is 0 Å². The summed E-state index contributed by atoms with van der Waals surface area (Å²) in [7, 11) is 2.84. The largest absolute Gasteiger partial charge is 0.465 e. The van der Waals surface area contributed by atoms with E-state index in [0.717, 1.165) is 11.3 Å². The van der Waals surface area contributed by atoms with Crippen LogP contribution in [0.5, 0.6) is 0 Å². The normalized spacial score (nSPS) is 11.5. The fourth-order valence-electron chi connectivity index (χ4n) is 3.48. The van der Waals surface area contributed by atoms with Crippen LogP contribution in [0.25, 0.3) is 17.0 Å². The van der Waals surface area contributed by atoms with Crippen LogP contribution in [0.2, 0.25) is 10.0 Å². The number of urea groups is 1. The number of anilines is 2. The van der Waals surface area contributed by atoms with Crippen molar-refractivity contribution in [2.75, 3.05) is 24.4 Å². The summed E-state index contributed by atoms with van der Waals surface area (Å²) < 4.78 is 6.22. The Balaban J connectivity index is 1.57. The number of benzene rings is 2. The highest BCUT2D eigenvalue weighted by molar-refractivity contribution is 6.34. The molecule has 2 aromatic carbocycles. The minimum atomic E-state index is -0.524. The lowest BCUT2D eigenvalue weighted by molar-refractivity contribution is 0.0600. The Bertz CT molecular complexity index is 1440. The Morgan fingerprint density at radius 1 is 1.11 bits per heavy atom. The van der Waals surface area contributed by atoms with Crippen LogP contribution in [0.4, 0.5) is 16.2 Å². The van der Waals surface area contributed by atoms with Gasteiger partial charge in [-0.05, 0) is 30.3 Å². The summed E-state index contributed by atoms with van der Waals surface area (Å²) in [5.41, 5.74) is 3.04. The predicted molar refractivity (Wildman–Crippen MR) is 137 cm³/mol. The molecular formula is C24H24Cl2N6O3. The maximum atomic E-state index is 12.9. The third-order valence-corrected chi connectivity index (χ3v) is 6.05. The van der Waals surface area contributed by atoms with Gasteiger partial charge in [0, 0.05) is 23.7 Å². The number of H-pyrrole nitrogens is 1. The minimum Gasteiger partial charge on any atom is -0.465 e. The number of nitrogens with one attached hydrogen (secondary N) is 2. The third kappa shape index (κ3) is 4.82. The zero-order valence-corrected chi connectivity index (χ0v) is 21.3. The van der Waals surface area contributed by atoms with Gasteiger partial charge < -0.3 is 15.0 Å². The van der Waals surface area contributed by atoms with Gasteiger partial charge in [-0.1, -0.05) is 56.1 Å². The first-order chi connectivity index (χ1) is 16.5. The SMILES string of the molecule is COC(=O)c1ccc(Cl)c(N(C)C(=O)Nc2cccc(-c3nn4nc(C(C)(C)C)c(Cl)c4[nH]3)c2)c1. The van der Waals surface area contributed by atoms with Crippen molar-refractivity contribution in [3.63, 3.8) is 0 Å². The van der Waals surface area contributed by atoms with Gasteiger partial charge in [-0.2, -0.15) is 5.10 Å². The van der Waals surface area contributed by atoms with Crippen LogP contribution in [0.3, 0.4) is 0 Å². The van der Waals surface area contributed by atoms with E-state index in [4.69, 9.17) is 27.9 Å². The van der Waals surface area contributed by atoms with E-state index in [0.29, 0.717) is 32.9 Å². The van der Waals surface area contributed by atoms with Crippen molar-refractivity contribution >= 4 is 52.2 Å².